The number of amidine groups is 1. The van der Waals surface area contributed by atoms with E-state index in [0.717, 1.165) is 65.7 Å². The van der Waals surface area contributed by atoms with Crippen LogP contribution in [-0.2, 0) is 0 Å². The third kappa shape index (κ3) is 3.73. The van der Waals surface area contributed by atoms with E-state index in [1.54, 1.807) is 0 Å². The minimum atomic E-state index is 0. The zero-order chi connectivity index (χ0) is 19.7. The average Bonchev–Trinajstić information content (AvgIpc) is 3.09. The third-order valence-corrected chi connectivity index (χ3v) is 5.64. The summed E-state index contributed by atoms with van der Waals surface area (Å²) in [6.07, 6.45) is 5.63. The van der Waals surface area contributed by atoms with Gasteiger partial charge in [-0.1, -0.05) is 20.8 Å². The highest BCUT2D eigenvalue weighted by Crippen LogP contribution is 2.40. The normalized spacial score (nSPS) is 22.7. The van der Waals surface area contributed by atoms with Crippen LogP contribution < -0.4 is 10.1 Å². The van der Waals surface area contributed by atoms with Crippen molar-refractivity contribution in [2.75, 3.05) is 19.8 Å². The minimum Gasteiger partial charge on any atom is -0.488 e. The van der Waals surface area contributed by atoms with Crippen molar-refractivity contribution in [3.05, 3.63) is 30.0 Å². The summed E-state index contributed by atoms with van der Waals surface area (Å²) in [4.78, 5) is 7.03. The number of likely N-dealkylation sites (tertiary alicyclic amines) is 1. The lowest BCUT2D eigenvalue weighted by Gasteiger charge is -2.22. The zero-order valence-corrected chi connectivity index (χ0v) is 17.4. The Morgan fingerprint density at radius 2 is 2.11 bits per heavy atom. The topological polar surface area (TPSA) is 65.5 Å². The van der Waals surface area contributed by atoms with Crippen molar-refractivity contribution >= 4 is 22.4 Å². The van der Waals surface area contributed by atoms with Crippen LogP contribution in [0.3, 0.4) is 0 Å². The summed E-state index contributed by atoms with van der Waals surface area (Å²) in [5.74, 6) is 2.72. The highest BCUT2D eigenvalue weighted by atomic mass is 16.5. The number of nitrogens with one attached hydrogen (secondary N) is 2. The predicted molar refractivity (Wildman–Crippen MR) is 117 cm³/mol. The fraction of sp³-hybridized carbons (Fsp3) is 0.545. The van der Waals surface area contributed by atoms with Crippen LogP contribution in [0.4, 0.5) is 0 Å². The van der Waals surface area contributed by atoms with Crippen LogP contribution in [0, 0.1) is 5.92 Å². The molecule has 2 aliphatic heterocycles. The molecule has 0 unspecified atom stereocenters. The van der Waals surface area contributed by atoms with E-state index in [1.807, 2.05) is 26.0 Å². The Labute approximate surface area is 168 Å². The van der Waals surface area contributed by atoms with Crippen molar-refractivity contribution in [3.8, 4) is 5.75 Å². The van der Waals surface area contributed by atoms with Crippen LogP contribution in [-0.4, -0.2) is 46.3 Å². The van der Waals surface area contributed by atoms with Gasteiger partial charge in [-0.25, -0.2) is 4.99 Å². The van der Waals surface area contributed by atoms with Gasteiger partial charge in [0.05, 0.1) is 11.2 Å². The standard InChI is InChI=1S/C20H25N5O.C2H6.H2/c1-13-5-8-25(11-13)18-10-17(21-12-22-18)19-15-9-14(26-20(2)6-7-20)3-4-16(15)23-24-19;1-2;/h3-4,9-10,13,21H,5-8,11-12H2,1-2H3,(H,23,24);1-2H3;1H/t13-;;/m0../s1. The molecule has 3 heterocycles. The first kappa shape index (κ1) is 18.8. The Morgan fingerprint density at radius 1 is 1.29 bits per heavy atom. The van der Waals surface area contributed by atoms with Gasteiger partial charge in [-0.3, -0.25) is 5.10 Å². The van der Waals surface area contributed by atoms with E-state index in [9.17, 15) is 0 Å². The highest BCUT2D eigenvalue weighted by Gasteiger charge is 2.40. The Hall–Kier alpha value is -2.50. The van der Waals surface area contributed by atoms with Gasteiger partial charge in [0.15, 0.2) is 0 Å². The largest absolute Gasteiger partial charge is 0.488 e. The van der Waals surface area contributed by atoms with Crippen LogP contribution in [0.5, 0.6) is 5.75 Å². The molecule has 2 N–H and O–H groups in total. The molecule has 0 spiro atoms. The van der Waals surface area contributed by atoms with Gasteiger partial charge in [0.25, 0.3) is 0 Å². The summed E-state index contributed by atoms with van der Waals surface area (Å²) in [5.41, 5.74) is 3.00. The van der Waals surface area contributed by atoms with Gasteiger partial charge in [-0.15, -0.1) is 0 Å². The lowest BCUT2D eigenvalue weighted by Crippen LogP contribution is -2.32. The van der Waals surface area contributed by atoms with Gasteiger partial charge >= 0.3 is 0 Å². The number of hydrogen-bond acceptors (Lipinski definition) is 5. The van der Waals surface area contributed by atoms with Crippen molar-refractivity contribution in [2.24, 2.45) is 10.9 Å². The van der Waals surface area contributed by atoms with Crippen LogP contribution in [0.15, 0.2) is 29.3 Å². The van der Waals surface area contributed by atoms with Gasteiger partial charge < -0.3 is 15.0 Å². The van der Waals surface area contributed by atoms with Crippen molar-refractivity contribution in [1.29, 1.82) is 0 Å². The maximum Gasteiger partial charge on any atom is 0.127 e. The SMILES string of the molecule is CC.C[C@H]1CCN(C2=NCNC(c3n[nH]c4ccc(OC5(C)CC5)cc34)=C2)C1.[HH]. The molecule has 6 nitrogen and oxygen atoms in total. The Bertz CT molecular complexity index is 915. The van der Waals surface area contributed by atoms with Crippen LogP contribution in [0.2, 0.25) is 0 Å². The van der Waals surface area contributed by atoms with Crippen molar-refractivity contribution in [3.63, 3.8) is 0 Å². The molecule has 2 aromatic rings. The molecule has 1 aromatic carbocycles. The number of hydrogen-bond donors (Lipinski definition) is 2. The fourth-order valence-corrected chi connectivity index (χ4v) is 3.74. The molecule has 1 aliphatic carbocycles. The van der Waals surface area contributed by atoms with Crippen LogP contribution in [0.1, 0.15) is 54.1 Å². The van der Waals surface area contributed by atoms with E-state index >= 15 is 0 Å². The third-order valence-electron chi connectivity index (χ3n) is 5.64. The molecule has 0 radical (unpaired) electrons. The van der Waals surface area contributed by atoms with E-state index in [1.165, 1.54) is 6.42 Å². The molecule has 6 heteroatoms. The summed E-state index contributed by atoms with van der Waals surface area (Å²) in [6.45, 7) is 11.2. The van der Waals surface area contributed by atoms with Gasteiger partial charge in [0, 0.05) is 26.0 Å². The second-order valence-electron chi connectivity index (χ2n) is 8.08. The van der Waals surface area contributed by atoms with Gasteiger partial charge in [0.1, 0.15) is 29.5 Å². The molecule has 1 aromatic heterocycles. The Kier molecular flexibility index (Phi) is 5.04. The predicted octanol–water partition coefficient (Wildman–Crippen LogP) is 4.41. The van der Waals surface area contributed by atoms with E-state index < -0.39 is 0 Å². The molecule has 1 saturated heterocycles. The second kappa shape index (κ2) is 7.49. The molecular formula is C22H33N5O. The second-order valence-corrected chi connectivity index (χ2v) is 8.08. The number of rotatable bonds is 3. The first-order chi connectivity index (χ1) is 13.6. The molecule has 1 atom stereocenters. The van der Waals surface area contributed by atoms with Crippen molar-refractivity contribution in [2.45, 2.75) is 52.6 Å². The summed E-state index contributed by atoms with van der Waals surface area (Å²) in [5, 5.41) is 12.2. The smallest absolute Gasteiger partial charge is 0.127 e. The van der Waals surface area contributed by atoms with Crippen molar-refractivity contribution in [1.82, 2.24) is 20.4 Å². The molecule has 1 saturated carbocycles. The van der Waals surface area contributed by atoms with E-state index in [-0.39, 0.29) is 7.03 Å². The number of aromatic amines is 1. The lowest BCUT2D eigenvalue weighted by molar-refractivity contribution is 0.200. The quantitative estimate of drug-likeness (QED) is 0.824. The van der Waals surface area contributed by atoms with Gasteiger partial charge in [-0.05, 0) is 50.3 Å². The molecule has 152 valence electrons. The summed E-state index contributed by atoms with van der Waals surface area (Å²) in [7, 11) is 0. The van der Waals surface area contributed by atoms with E-state index in [2.05, 4.69) is 51.4 Å². The number of fused-ring (bicyclic) bond motifs is 1. The number of aromatic nitrogens is 2. The Balaban J connectivity index is 0.000000778. The molecule has 5 rings (SSSR count). The molecule has 0 amide bonds. The minimum absolute atomic E-state index is 0. The van der Waals surface area contributed by atoms with E-state index in [0.29, 0.717) is 6.67 Å². The first-order valence-electron chi connectivity index (χ1n) is 10.5. The van der Waals surface area contributed by atoms with Crippen molar-refractivity contribution < 1.29 is 6.16 Å². The maximum absolute atomic E-state index is 6.13. The average molecular weight is 384 g/mol. The van der Waals surface area contributed by atoms with Gasteiger partial charge in [0.2, 0.25) is 0 Å². The maximum atomic E-state index is 6.13. The van der Waals surface area contributed by atoms with E-state index in [4.69, 9.17) is 4.74 Å². The fourth-order valence-electron chi connectivity index (χ4n) is 3.74. The van der Waals surface area contributed by atoms with Gasteiger partial charge in [-0.2, -0.15) is 5.10 Å². The number of aliphatic imine (C=N–C) groups is 1. The highest BCUT2D eigenvalue weighted by molar-refractivity contribution is 6.03. The first-order valence-corrected chi connectivity index (χ1v) is 10.5. The van der Waals surface area contributed by atoms with Crippen LogP contribution >= 0.6 is 0 Å². The summed E-state index contributed by atoms with van der Waals surface area (Å²) < 4.78 is 6.13. The van der Waals surface area contributed by atoms with Crippen LogP contribution in [0.25, 0.3) is 16.6 Å². The monoisotopic (exact) mass is 383 g/mol. The number of nitrogens with zero attached hydrogens (tertiary/aromatic N) is 3. The number of ether oxygens (including phenoxy) is 1. The molecular weight excluding hydrogens is 350 g/mol. The molecule has 2 fully saturated rings. The summed E-state index contributed by atoms with van der Waals surface area (Å²) in [6, 6.07) is 6.17. The Morgan fingerprint density at radius 3 is 2.82 bits per heavy atom. The molecule has 3 aliphatic rings. The molecule has 28 heavy (non-hydrogen) atoms. The molecule has 0 bridgehead atoms. The lowest BCUT2D eigenvalue weighted by atomic mass is 10.1. The number of benzene rings is 1. The number of H-pyrrole nitrogens is 1. The zero-order valence-electron chi connectivity index (χ0n) is 17.4. The summed E-state index contributed by atoms with van der Waals surface area (Å²) >= 11 is 0.